The fraction of sp³-hybridized carbons (Fsp3) is 0.200. The molecule has 150 valence electrons. The van der Waals surface area contributed by atoms with Gasteiger partial charge < -0.3 is 16.2 Å². The van der Waals surface area contributed by atoms with E-state index in [1.807, 2.05) is 0 Å². The van der Waals surface area contributed by atoms with Crippen molar-refractivity contribution in [3.63, 3.8) is 0 Å². The van der Waals surface area contributed by atoms with E-state index in [2.05, 4.69) is 15.3 Å². The number of hydrogen-bond acceptors (Lipinski definition) is 5. The zero-order valence-corrected chi connectivity index (χ0v) is 15.3. The predicted molar refractivity (Wildman–Crippen MR) is 96.0 cm³/mol. The third-order valence-electron chi connectivity index (χ3n) is 3.32. The number of carboxylic acid groups (broad SMARTS) is 1. The van der Waals surface area contributed by atoms with E-state index in [-0.39, 0.29) is 20.9 Å². The number of aromatic nitrogens is 2. The van der Waals surface area contributed by atoms with Crippen molar-refractivity contribution in [2.24, 2.45) is 5.73 Å². The molecule has 8 nitrogen and oxygen atoms in total. The standard InChI is InChI=1S/C15H12Cl2F3N5O3/c16-9-2-1-7(5-10(9)17)23-13-22-6-8(15(18,19)20)12(24-13)25(14(27)28)4-3-11(21)26/h1-2,5-6H,3-4H2,(H2,21,26)(H,27,28)(H,22,23,24). The minimum absolute atomic E-state index is 0.174. The van der Waals surface area contributed by atoms with Gasteiger partial charge in [-0.15, -0.1) is 0 Å². The van der Waals surface area contributed by atoms with E-state index in [1.54, 1.807) is 0 Å². The molecular formula is C15H12Cl2F3N5O3. The van der Waals surface area contributed by atoms with Crippen LogP contribution in [0.1, 0.15) is 12.0 Å². The molecule has 0 unspecified atom stereocenters. The lowest BCUT2D eigenvalue weighted by Crippen LogP contribution is -2.35. The average molecular weight is 438 g/mol. The Labute approximate surface area is 166 Å². The molecular weight excluding hydrogens is 426 g/mol. The van der Waals surface area contributed by atoms with Crippen LogP contribution in [0.4, 0.5) is 35.4 Å². The Hall–Kier alpha value is -2.79. The van der Waals surface area contributed by atoms with Gasteiger partial charge in [0, 0.05) is 24.8 Å². The molecule has 0 aliphatic rings. The summed E-state index contributed by atoms with van der Waals surface area (Å²) in [5.74, 6) is -2.16. The lowest BCUT2D eigenvalue weighted by molar-refractivity contribution is -0.137. The summed E-state index contributed by atoms with van der Waals surface area (Å²) >= 11 is 11.7. The number of nitrogens with zero attached hydrogens (tertiary/aromatic N) is 3. The number of alkyl halides is 3. The molecule has 0 saturated heterocycles. The highest BCUT2D eigenvalue weighted by atomic mass is 35.5. The molecule has 4 N–H and O–H groups in total. The lowest BCUT2D eigenvalue weighted by atomic mass is 10.2. The molecule has 0 aliphatic carbocycles. The largest absolute Gasteiger partial charge is 0.465 e. The number of carbonyl (C=O) groups excluding carboxylic acids is 1. The van der Waals surface area contributed by atoms with E-state index < -0.39 is 42.5 Å². The molecule has 0 spiro atoms. The highest BCUT2D eigenvalue weighted by Crippen LogP contribution is 2.36. The van der Waals surface area contributed by atoms with Gasteiger partial charge in [0.2, 0.25) is 11.9 Å². The van der Waals surface area contributed by atoms with Gasteiger partial charge in [0.05, 0.1) is 10.0 Å². The minimum atomic E-state index is -4.93. The quantitative estimate of drug-likeness (QED) is 0.629. The predicted octanol–water partition coefficient (Wildman–Crippen LogP) is 3.91. The Bertz CT molecular complexity index is 911. The first kappa shape index (κ1) is 21.5. The van der Waals surface area contributed by atoms with E-state index in [9.17, 15) is 27.9 Å². The monoisotopic (exact) mass is 437 g/mol. The van der Waals surface area contributed by atoms with Crippen molar-refractivity contribution < 1.29 is 27.9 Å². The molecule has 13 heteroatoms. The Morgan fingerprint density at radius 1 is 1.25 bits per heavy atom. The molecule has 0 atom stereocenters. The van der Waals surface area contributed by atoms with Gasteiger partial charge in [-0.2, -0.15) is 18.2 Å². The molecule has 28 heavy (non-hydrogen) atoms. The zero-order chi connectivity index (χ0) is 21.1. The third-order valence-corrected chi connectivity index (χ3v) is 4.06. The number of nitrogens with one attached hydrogen (secondary N) is 1. The first-order valence-electron chi connectivity index (χ1n) is 7.44. The van der Waals surface area contributed by atoms with Crippen molar-refractivity contribution in [2.45, 2.75) is 12.6 Å². The number of halogens is 5. The Kier molecular flexibility index (Phi) is 6.52. The summed E-state index contributed by atoms with van der Waals surface area (Å²) in [4.78, 5) is 29.9. The lowest BCUT2D eigenvalue weighted by Gasteiger charge is -2.22. The Morgan fingerprint density at radius 2 is 1.93 bits per heavy atom. The van der Waals surface area contributed by atoms with Crippen molar-refractivity contribution in [3.8, 4) is 0 Å². The van der Waals surface area contributed by atoms with Gasteiger partial charge in [0.25, 0.3) is 0 Å². The van der Waals surface area contributed by atoms with E-state index in [1.165, 1.54) is 18.2 Å². The summed E-state index contributed by atoms with van der Waals surface area (Å²) in [6.45, 7) is -0.614. The molecule has 2 amide bonds. The number of amides is 2. The van der Waals surface area contributed by atoms with Crippen LogP contribution in [0.15, 0.2) is 24.4 Å². The fourth-order valence-electron chi connectivity index (χ4n) is 2.06. The van der Waals surface area contributed by atoms with Gasteiger partial charge in [0.15, 0.2) is 5.82 Å². The normalized spacial score (nSPS) is 11.2. The molecule has 2 aromatic rings. The third kappa shape index (κ3) is 5.36. The van der Waals surface area contributed by atoms with Crippen LogP contribution >= 0.6 is 23.2 Å². The van der Waals surface area contributed by atoms with Crippen molar-refractivity contribution in [1.29, 1.82) is 0 Å². The summed E-state index contributed by atoms with van der Waals surface area (Å²) in [5, 5.41) is 12.3. The molecule has 2 rings (SSSR count). The zero-order valence-electron chi connectivity index (χ0n) is 13.8. The second-order valence-corrected chi connectivity index (χ2v) is 6.15. The maximum absolute atomic E-state index is 13.3. The molecule has 0 fully saturated rings. The van der Waals surface area contributed by atoms with Crippen LogP contribution in [-0.2, 0) is 11.0 Å². The molecule has 1 aromatic carbocycles. The first-order chi connectivity index (χ1) is 13.0. The van der Waals surface area contributed by atoms with Crippen molar-refractivity contribution >= 4 is 52.7 Å². The number of hydrogen-bond donors (Lipinski definition) is 3. The molecule has 1 aromatic heterocycles. The van der Waals surface area contributed by atoms with Gasteiger partial charge in [0.1, 0.15) is 5.56 Å². The summed E-state index contributed by atoms with van der Waals surface area (Å²) < 4.78 is 39.8. The summed E-state index contributed by atoms with van der Waals surface area (Å²) in [5.41, 5.74) is 3.87. The summed E-state index contributed by atoms with van der Waals surface area (Å²) in [7, 11) is 0. The highest BCUT2D eigenvalue weighted by molar-refractivity contribution is 6.42. The maximum atomic E-state index is 13.3. The number of primary amides is 1. The van der Waals surface area contributed by atoms with Crippen molar-refractivity contribution in [3.05, 3.63) is 40.0 Å². The maximum Gasteiger partial charge on any atom is 0.421 e. The first-order valence-corrected chi connectivity index (χ1v) is 8.19. The minimum Gasteiger partial charge on any atom is -0.465 e. The van der Waals surface area contributed by atoms with Gasteiger partial charge in [-0.25, -0.2) is 9.78 Å². The van der Waals surface area contributed by atoms with Crippen molar-refractivity contribution in [1.82, 2.24) is 9.97 Å². The van der Waals surface area contributed by atoms with Crippen LogP contribution in [0, 0.1) is 0 Å². The van der Waals surface area contributed by atoms with Crippen molar-refractivity contribution in [2.75, 3.05) is 16.8 Å². The highest BCUT2D eigenvalue weighted by Gasteiger charge is 2.38. The molecule has 1 heterocycles. The molecule has 0 aliphatic heterocycles. The SMILES string of the molecule is NC(=O)CCN(C(=O)O)c1nc(Nc2ccc(Cl)c(Cl)c2)ncc1C(F)(F)F. The number of rotatable bonds is 6. The second-order valence-electron chi connectivity index (χ2n) is 5.33. The average Bonchev–Trinajstić information content (AvgIpc) is 2.57. The van der Waals surface area contributed by atoms with Gasteiger partial charge >= 0.3 is 12.3 Å². The van der Waals surface area contributed by atoms with Crippen LogP contribution in [-0.4, -0.2) is 33.6 Å². The van der Waals surface area contributed by atoms with E-state index >= 15 is 0 Å². The molecule has 0 saturated carbocycles. The van der Waals surface area contributed by atoms with Crippen LogP contribution in [0.5, 0.6) is 0 Å². The Morgan fingerprint density at radius 3 is 2.46 bits per heavy atom. The number of nitrogens with two attached hydrogens (primary N) is 1. The van der Waals surface area contributed by atoms with Crippen LogP contribution in [0.3, 0.4) is 0 Å². The Balaban J connectivity index is 2.47. The van der Waals surface area contributed by atoms with E-state index in [0.29, 0.717) is 11.9 Å². The summed E-state index contributed by atoms with van der Waals surface area (Å²) in [6.07, 6.45) is -6.74. The van der Waals surface area contributed by atoms with Gasteiger partial charge in [-0.05, 0) is 18.2 Å². The fourth-order valence-corrected chi connectivity index (χ4v) is 2.35. The van der Waals surface area contributed by atoms with Crippen LogP contribution < -0.4 is 16.0 Å². The number of carbonyl (C=O) groups is 2. The number of anilines is 3. The van der Waals surface area contributed by atoms with Gasteiger partial charge in [-0.1, -0.05) is 23.2 Å². The topological polar surface area (TPSA) is 121 Å². The number of benzene rings is 1. The second kappa shape index (κ2) is 8.48. The van der Waals surface area contributed by atoms with Crippen LogP contribution in [0.2, 0.25) is 10.0 Å². The molecule has 0 radical (unpaired) electrons. The van der Waals surface area contributed by atoms with E-state index in [0.717, 1.165) is 0 Å². The smallest absolute Gasteiger partial charge is 0.421 e. The molecule has 0 bridgehead atoms. The van der Waals surface area contributed by atoms with Crippen LogP contribution in [0.25, 0.3) is 0 Å². The van der Waals surface area contributed by atoms with E-state index in [4.69, 9.17) is 28.9 Å². The summed E-state index contributed by atoms with van der Waals surface area (Å²) in [6, 6.07) is 4.29. The van der Waals surface area contributed by atoms with Gasteiger partial charge in [-0.3, -0.25) is 9.69 Å².